The van der Waals surface area contributed by atoms with E-state index in [-0.39, 0.29) is 11.4 Å². The van der Waals surface area contributed by atoms with E-state index in [1.54, 1.807) is 0 Å². The smallest absolute Gasteiger partial charge is 0.404 e. The molecule has 2 aliphatic rings. The summed E-state index contributed by atoms with van der Waals surface area (Å²) in [6.07, 6.45) is -18.2. The summed E-state index contributed by atoms with van der Waals surface area (Å²) in [5.74, 6) is -0.297. The standard InChI is InChI=1S/C18H26NO16P/c20-5-9-11(21)14(24)16(26)18(33-9)35-36(30,34-8-3-1-7(2-4-8)19(28)29)31-6-10-12(22)13(23)15(25)17(27)32-10/h1-4,9-18,20-27H,5-6H2/t9-,10-,11+,12-,13+,14+,15+,16-,17+,18-,36?/m1/s1. The van der Waals surface area contributed by atoms with E-state index >= 15 is 0 Å². The van der Waals surface area contributed by atoms with Crippen molar-refractivity contribution in [1.82, 2.24) is 0 Å². The Balaban J connectivity index is 1.82. The number of aliphatic hydroxyl groups excluding tert-OH is 8. The van der Waals surface area contributed by atoms with Crippen molar-refractivity contribution >= 4 is 13.5 Å². The third-order valence-electron chi connectivity index (χ3n) is 5.43. The molecule has 8 N–H and O–H groups in total. The van der Waals surface area contributed by atoms with Crippen LogP contribution in [0.1, 0.15) is 0 Å². The molecule has 1 unspecified atom stereocenters. The van der Waals surface area contributed by atoms with E-state index < -0.39 is 87.4 Å². The van der Waals surface area contributed by atoms with Crippen LogP contribution in [0.2, 0.25) is 0 Å². The average molecular weight is 543 g/mol. The number of rotatable bonds is 9. The number of phosphoric acid groups is 1. The number of nitro benzene ring substituents is 1. The molecule has 2 saturated heterocycles. The molecule has 11 atom stereocenters. The van der Waals surface area contributed by atoms with Crippen LogP contribution in [0.15, 0.2) is 24.3 Å². The molecule has 0 saturated carbocycles. The molecular weight excluding hydrogens is 517 g/mol. The molecule has 3 rings (SSSR count). The van der Waals surface area contributed by atoms with E-state index in [4.69, 9.17) is 23.0 Å². The Kier molecular flexibility index (Phi) is 9.34. The van der Waals surface area contributed by atoms with Crippen molar-refractivity contribution in [3.8, 4) is 5.75 Å². The summed E-state index contributed by atoms with van der Waals surface area (Å²) in [7, 11) is -4.96. The second-order valence-electron chi connectivity index (χ2n) is 7.92. The lowest BCUT2D eigenvalue weighted by molar-refractivity contribution is -0.384. The maximum absolute atomic E-state index is 13.5. The molecule has 0 aromatic heterocycles. The lowest BCUT2D eigenvalue weighted by Gasteiger charge is -2.40. The van der Waals surface area contributed by atoms with Gasteiger partial charge in [-0.2, -0.15) is 0 Å². The van der Waals surface area contributed by atoms with E-state index in [1.807, 2.05) is 0 Å². The van der Waals surface area contributed by atoms with Crippen molar-refractivity contribution in [2.75, 3.05) is 13.2 Å². The summed E-state index contributed by atoms with van der Waals surface area (Å²) in [5.41, 5.74) is -0.340. The number of ether oxygens (including phenoxy) is 2. The highest BCUT2D eigenvalue weighted by Gasteiger charge is 2.49. The van der Waals surface area contributed by atoms with Crippen molar-refractivity contribution in [2.45, 2.75) is 61.4 Å². The molecular formula is C18H26NO16P. The minimum atomic E-state index is -4.96. The molecule has 17 nitrogen and oxygen atoms in total. The van der Waals surface area contributed by atoms with Crippen LogP contribution in [-0.4, -0.2) is 120 Å². The summed E-state index contributed by atoms with van der Waals surface area (Å²) in [6, 6.07) is 4.05. The molecule has 18 heteroatoms. The van der Waals surface area contributed by atoms with Gasteiger partial charge in [0.05, 0.1) is 18.1 Å². The zero-order valence-corrected chi connectivity index (χ0v) is 19.1. The van der Waals surface area contributed by atoms with Gasteiger partial charge >= 0.3 is 7.82 Å². The third-order valence-corrected chi connectivity index (χ3v) is 6.80. The van der Waals surface area contributed by atoms with Gasteiger partial charge in [-0.05, 0) is 12.1 Å². The quantitative estimate of drug-likeness (QED) is 0.0861. The van der Waals surface area contributed by atoms with Gasteiger partial charge in [0.1, 0.15) is 54.6 Å². The Hall–Kier alpha value is -1.83. The number of nitrogens with zero attached hydrogens (tertiary/aromatic N) is 1. The highest BCUT2D eigenvalue weighted by Crippen LogP contribution is 2.52. The first-order valence-electron chi connectivity index (χ1n) is 10.4. The van der Waals surface area contributed by atoms with Crippen molar-refractivity contribution in [3.63, 3.8) is 0 Å². The van der Waals surface area contributed by atoms with Gasteiger partial charge in [0, 0.05) is 12.1 Å². The van der Waals surface area contributed by atoms with Gasteiger partial charge < -0.3 is 54.8 Å². The van der Waals surface area contributed by atoms with Crippen LogP contribution in [-0.2, 0) is 23.1 Å². The Morgan fingerprint density at radius 2 is 1.44 bits per heavy atom. The summed E-state index contributed by atoms with van der Waals surface area (Å²) < 4.78 is 39.0. The van der Waals surface area contributed by atoms with E-state index in [1.165, 1.54) is 0 Å². The normalized spacial score (nSPS) is 38.8. The van der Waals surface area contributed by atoms with E-state index in [2.05, 4.69) is 0 Å². The van der Waals surface area contributed by atoms with Gasteiger partial charge in [0.2, 0.25) is 0 Å². The minimum absolute atomic E-state index is 0.297. The lowest BCUT2D eigenvalue weighted by Crippen LogP contribution is -2.59. The Morgan fingerprint density at radius 3 is 2.03 bits per heavy atom. The average Bonchev–Trinajstić information content (AvgIpc) is 2.84. The molecule has 2 aliphatic heterocycles. The first-order valence-corrected chi connectivity index (χ1v) is 11.9. The maximum Gasteiger partial charge on any atom is 0.532 e. The largest absolute Gasteiger partial charge is 0.532 e. The van der Waals surface area contributed by atoms with Crippen LogP contribution in [0.3, 0.4) is 0 Å². The Labute approximate surface area is 202 Å². The monoisotopic (exact) mass is 543 g/mol. The summed E-state index contributed by atoms with van der Waals surface area (Å²) in [4.78, 5) is 10.1. The second-order valence-corrected chi connectivity index (χ2v) is 9.47. The fourth-order valence-electron chi connectivity index (χ4n) is 3.35. The molecule has 0 amide bonds. The minimum Gasteiger partial charge on any atom is -0.404 e. The number of hydrogen-bond acceptors (Lipinski definition) is 16. The zero-order valence-electron chi connectivity index (χ0n) is 18.2. The van der Waals surface area contributed by atoms with Crippen molar-refractivity contribution in [3.05, 3.63) is 34.4 Å². The van der Waals surface area contributed by atoms with Gasteiger partial charge in [0.25, 0.3) is 5.69 Å². The lowest BCUT2D eigenvalue weighted by atomic mass is 10.00. The fraction of sp³-hybridized carbons (Fsp3) is 0.667. The number of hydrogen-bond donors (Lipinski definition) is 8. The fourth-order valence-corrected chi connectivity index (χ4v) is 4.65. The maximum atomic E-state index is 13.5. The Bertz CT molecular complexity index is 932. The first kappa shape index (κ1) is 28.7. The summed E-state index contributed by atoms with van der Waals surface area (Å²) in [5, 5.41) is 89.4. The van der Waals surface area contributed by atoms with E-state index in [0.29, 0.717) is 0 Å². The molecule has 1 aromatic rings. The predicted octanol–water partition coefficient (Wildman–Crippen LogP) is -3.29. The molecule has 1 aromatic carbocycles. The molecule has 0 spiro atoms. The van der Waals surface area contributed by atoms with Crippen LogP contribution in [0.5, 0.6) is 5.75 Å². The van der Waals surface area contributed by atoms with Gasteiger partial charge in [-0.3, -0.25) is 14.6 Å². The van der Waals surface area contributed by atoms with Crippen LogP contribution in [0.25, 0.3) is 0 Å². The van der Waals surface area contributed by atoms with Crippen molar-refractivity contribution < 1.29 is 73.4 Å². The highest BCUT2D eigenvalue weighted by atomic mass is 31.2. The molecule has 0 bridgehead atoms. The molecule has 36 heavy (non-hydrogen) atoms. The van der Waals surface area contributed by atoms with Gasteiger partial charge in [-0.1, -0.05) is 0 Å². The van der Waals surface area contributed by atoms with Crippen molar-refractivity contribution in [2.24, 2.45) is 0 Å². The van der Waals surface area contributed by atoms with E-state index in [0.717, 1.165) is 24.3 Å². The summed E-state index contributed by atoms with van der Waals surface area (Å²) >= 11 is 0. The SMILES string of the molecule is O=[N+]([O-])c1ccc(OP(=O)(OC[C@H]2O[C@H](O)[C@@H](O)[C@@H](O)[C@@H]2O)O[C@H]2O[C@H](CO)[C@H](O)[C@H](O)[C@H]2O)cc1. The first-order chi connectivity index (χ1) is 16.9. The van der Waals surface area contributed by atoms with Gasteiger partial charge in [0.15, 0.2) is 12.6 Å². The van der Waals surface area contributed by atoms with Crippen LogP contribution in [0, 0.1) is 10.1 Å². The zero-order chi connectivity index (χ0) is 26.8. The Morgan fingerprint density at radius 1 is 0.861 bits per heavy atom. The van der Waals surface area contributed by atoms with Crippen LogP contribution >= 0.6 is 7.82 Å². The number of benzene rings is 1. The third kappa shape index (κ3) is 6.35. The van der Waals surface area contributed by atoms with Gasteiger partial charge in [-0.15, -0.1) is 0 Å². The molecule has 0 radical (unpaired) electrons. The number of aliphatic hydroxyl groups is 8. The molecule has 204 valence electrons. The summed E-state index contributed by atoms with van der Waals surface area (Å²) in [6.45, 7) is -1.73. The molecule has 0 aliphatic carbocycles. The van der Waals surface area contributed by atoms with Crippen molar-refractivity contribution in [1.29, 1.82) is 0 Å². The molecule has 2 heterocycles. The number of nitro groups is 1. The van der Waals surface area contributed by atoms with E-state index in [9.17, 15) is 55.5 Å². The van der Waals surface area contributed by atoms with Crippen LogP contribution < -0.4 is 4.52 Å². The number of non-ortho nitro benzene ring substituents is 1. The van der Waals surface area contributed by atoms with Gasteiger partial charge in [-0.25, -0.2) is 9.09 Å². The highest BCUT2D eigenvalue weighted by molar-refractivity contribution is 7.49. The number of phosphoric ester groups is 1. The topological polar surface area (TPSA) is 268 Å². The predicted molar refractivity (Wildman–Crippen MR) is 111 cm³/mol. The molecule has 2 fully saturated rings. The van der Waals surface area contributed by atoms with Crippen LogP contribution in [0.4, 0.5) is 5.69 Å². The second kappa shape index (κ2) is 11.7.